The van der Waals surface area contributed by atoms with Crippen LogP contribution in [0.2, 0.25) is 0 Å². The molecule has 0 atom stereocenters. The van der Waals surface area contributed by atoms with E-state index in [4.69, 9.17) is 4.74 Å². The van der Waals surface area contributed by atoms with Gasteiger partial charge in [-0.1, -0.05) is 0 Å². The summed E-state index contributed by atoms with van der Waals surface area (Å²) in [7, 11) is 0. The normalized spacial score (nSPS) is 10.6. The van der Waals surface area contributed by atoms with Gasteiger partial charge in [0.1, 0.15) is 11.4 Å². The summed E-state index contributed by atoms with van der Waals surface area (Å²) in [6.45, 7) is 3.79. The summed E-state index contributed by atoms with van der Waals surface area (Å²) in [6, 6.07) is 3.17. The van der Waals surface area contributed by atoms with Crippen LogP contribution in [0.4, 0.5) is 0 Å². The van der Waals surface area contributed by atoms with Crippen molar-refractivity contribution >= 4 is 11.6 Å². The number of rotatable bonds is 2. The van der Waals surface area contributed by atoms with Crippen LogP contribution < -0.4 is 0 Å². The predicted octanol–water partition coefficient (Wildman–Crippen LogP) is 1.53. The van der Waals surface area contributed by atoms with Crippen LogP contribution in [0.3, 0.4) is 0 Å². The average molecular weight is 220 g/mol. The van der Waals surface area contributed by atoms with Gasteiger partial charge in [-0.15, -0.1) is 0 Å². The first kappa shape index (κ1) is 10.5. The van der Waals surface area contributed by atoms with E-state index in [9.17, 15) is 9.90 Å². The van der Waals surface area contributed by atoms with E-state index in [-0.39, 0.29) is 5.75 Å². The zero-order chi connectivity index (χ0) is 11.7. The Morgan fingerprint density at radius 1 is 1.56 bits per heavy atom. The van der Waals surface area contributed by atoms with Crippen molar-refractivity contribution in [1.82, 2.24) is 9.38 Å². The van der Waals surface area contributed by atoms with Crippen molar-refractivity contribution in [2.75, 3.05) is 6.61 Å². The van der Waals surface area contributed by atoms with Crippen LogP contribution in [0.15, 0.2) is 18.3 Å². The van der Waals surface area contributed by atoms with Gasteiger partial charge in [-0.3, -0.25) is 4.40 Å². The number of nitrogens with zero attached hydrogens (tertiary/aromatic N) is 2. The molecule has 0 bridgehead atoms. The summed E-state index contributed by atoms with van der Waals surface area (Å²) >= 11 is 0. The standard InChI is InChI=1S/C11H12N2O3/c1-3-16-11(15)10-7(2)12-9-5-4-8(14)6-13(9)10/h4-6,14H,3H2,1-2H3. The van der Waals surface area contributed by atoms with Crippen LogP contribution in [0.5, 0.6) is 5.75 Å². The van der Waals surface area contributed by atoms with E-state index in [1.54, 1.807) is 19.9 Å². The van der Waals surface area contributed by atoms with E-state index in [0.29, 0.717) is 23.6 Å². The zero-order valence-electron chi connectivity index (χ0n) is 9.10. The fourth-order valence-corrected chi connectivity index (χ4v) is 1.60. The lowest BCUT2D eigenvalue weighted by Crippen LogP contribution is -2.09. The lowest BCUT2D eigenvalue weighted by Gasteiger charge is -2.02. The van der Waals surface area contributed by atoms with Crippen molar-refractivity contribution in [3.8, 4) is 5.75 Å². The molecule has 2 rings (SSSR count). The molecular weight excluding hydrogens is 208 g/mol. The Kier molecular flexibility index (Phi) is 2.52. The molecule has 16 heavy (non-hydrogen) atoms. The third-order valence-electron chi connectivity index (χ3n) is 2.25. The first-order valence-corrected chi connectivity index (χ1v) is 4.98. The van der Waals surface area contributed by atoms with Gasteiger partial charge < -0.3 is 9.84 Å². The first-order valence-electron chi connectivity index (χ1n) is 4.98. The first-order chi connectivity index (χ1) is 7.63. The van der Waals surface area contributed by atoms with Gasteiger partial charge in [-0.2, -0.15) is 0 Å². The summed E-state index contributed by atoms with van der Waals surface area (Å²) in [5.41, 5.74) is 1.55. The molecule has 0 spiro atoms. The zero-order valence-corrected chi connectivity index (χ0v) is 9.10. The summed E-state index contributed by atoms with van der Waals surface area (Å²) in [6.07, 6.45) is 1.45. The topological polar surface area (TPSA) is 63.8 Å². The second-order valence-corrected chi connectivity index (χ2v) is 3.38. The Morgan fingerprint density at radius 2 is 2.31 bits per heavy atom. The van der Waals surface area contributed by atoms with E-state index < -0.39 is 5.97 Å². The number of aryl methyl sites for hydroxylation is 1. The van der Waals surface area contributed by atoms with Crippen molar-refractivity contribution in [1.29, 1.82) is 0 Å². The number of carbonyl (C=O) groups is 1. The van der Waals surface area contributed by atoms with E-state index in [0.717, 1.165) is 0 Å². The highest BCUT2D eigenvalue weighted by atomic mass is 16.5. The maximum atomic E-state index is 11.7. The van der Waals surface area contributed by atoms with Crippen LogP contribution in [0.25, 0.3) is 5.65 Å². The third-order valence-corrected chi connectivity index (χ3v) is 2.25. The van der Waals surface area contributed by atoms with Crippen molar-refractivity contribution in [2.24, 2.45) is 0 Å². The van der Waals surface area contributed by atoms with E-state index in [1.807, 2.05) is 0 Å². The molecule has 0 aromatic carbocycles. The molecule has 0 radical (unpaired) electrons. The van der Waals surface area contributed by atoms with Crippen LogP contribution in [-0.2, 0) is 4.74 Å². The van der Waals surface area contributed by atoms with Gasteiger partial charge in [0.05, 0.1) is 18.5 Å². The summed E-state index contributed by atoms with van der Waals surface area (Å²) in [5, 5.41) is 9.37. The van der Waals surface area contributed by atoms with Gasteiger partial charge in [0.2, 0.25) is 0 Å². The number of aromatic hydroxyl groups is 1. The SMILES string of the molecule is CCOC(=O)c1c(C)nc2ccc(O)cn12. The fraction of sp³-hybridized carbons (Fsp3) is 0.273. The quantitative estimate of drug-likeness (QED) is 0.779. The fourth-order valence-electron chi connectivity index (χ4n) is 1.60. The minimum absolute atomic E-state index is 0.0791. The maximum absolute atomic E-state index is 11.7. The molecule has 2 aromatic rings. The maximum Gasteiger partial charge on any atom is 0.357 e. The van der Waals surface area contributed by atoms with Crippen LogP contribution >= 0.6 is 0 Å². The molecular formula is C11H12N2O3. The lowest BCUT2D eigenvalue weighted by molar-refractivity contribution is 0.0517. The predicted molar refractivity (Wildman–Crippen MR) is 57.6 cm³/mol. The molecule has 0 saturated heterocycles. The molecule has 5 nitrogen and oxygen atoms in total. The monoisotopic (exact) mass is 220 g/mol. The Balaban J connectivity index is 2.62. The number of imidazole rings is 1. The van der Waals surface area contributed by atoms with Crippen LogP contribution in [0.1, 0.15) is 23.1 Å². The van der Waals surface area contributed by atoms with Gasteiger partial charge in [-0.05, 0) is 26.0 Å². The third kappa shape index (κ3) is 1.60. The number of pyridine rings is 1. The molecule has 5 heteroatoms. The van der Waals surface area contributed by atoms with Crippen molar-refractivity contribution in [3.05, 3.63) is 29.7 Å². The molecule has 0 aliphatic carbocycles. The molecule has 0 aliphatic heterocycles. The van der Waals surface area contributed by atoms with E-state index in [2.05, 4.69) is 4.98 Å². The summed E-state index contributed by atoms with van der Waals surface area (Å²) in [4.78, 5) is 15.9. The van der Waals surface area contributed by atoms with Crippen LogP contribution in [0, 0.1) is 6.92 Å². The highest BCUT2D eigenvalue weighted by Gasteiger charge is 2.17. The highest BCUT2D eigenvalue weighted by Crippen LogP contribution is 2.17. The van der Waals surface area contributed by atoms with Gasteiger partial charge in [-0.25, -0.2) is 9.78 Å². The number of fused-ring (bicyclic) bond motifs is 1. The second kappa shape index (κ2) is 3.84. The Morgan fingerprint density at radius 3 is 3.00 bits per heavy atom. The number of ether oxygens (including phenoxy) is 1. The lowest BCUT2D eigenvalue weighted by atomic mass is 10.3. The smallest absolute Gasteiger partial charge is 0.357 e. The van der Waals surface area contributed by atoms with Gasteiger partial charge in [0.15, 0.2) is 5.69 Å². The minimum atomic E-state index is -0.432. The Labute approximate surface area is 92.3 Å². The van der Waals surface area contributed by atoms with Crippen molar-refractivity contribution in [3.63, 3.8) is 0 Å². The van der Waals surface area contributed by atoms with Crippen LogP contribution in [-0.4, -0.2) is 27.1 Å². The molecule has 0 aliphatic rings. The molecule has 0 saturated carbocycles. The van der Waals surface area contributed by atoms with E-state index >= 15 is 0 Å². The number of hydrogen-bond donors (Lipinski definition) is 1. The Hall–Kier alpha value is -2.04. The van der Waals surface area contributed by atoms with Gasteiger partial charge >= 0.3 is 5.97 Å². The summed E-state index contributed by atoms with van der Waals surface area (Å²) < 4.78 is 6.46. The molecule has 0 unspecified atom stereocenters. The molecule has 84 valence electrons. The Bertz CT molecular complexity index is 545. The highest BCUT2D eigenvalue weighted by molar-refractivity contribution is 5.90. The molecule has 2 aromatic heterocycles. The largest absolute Gasteiger partial charge is 0.506 e. The number of esters is 1. The molecule has 2 heterocycles. The summed E-state index contributed by atoms with van der Waals surface area (Å²) in [5.74, 6) is -0.353. The molecule has 0 amide bonds. The van der Waals surface area contributed by atoms with Crippen molar-refractivity contribution in [2.45, 2.75) is 13.8 Å². The molecule has 0 fully saturated rings. The van der Waals surface area contributed by atoms with Crippen molar-refractivity contribution < 1.29 is 14.6 Å². The number of hydrogen-bond acceptors (Lipinski definition) is 4. The minimum Gasteiger partial charge on any atom is -0.506 e. The number of carbonyl (C=O) groups excluding carboxylic acids is 1. The number of aromatic nitrogens is 2. The molecule has 1 N–H and O–H groups in total. The van der Waals surface area contributed by atoms with E-state index in [1.165, 1.54) is 16.7 Å². The average Bonchev–Trinajstić information content (AvgIpc) is 2.53. The van der Waals surface area contributed by atoms with Gasteiger partial charge in [0.25, 0.3) is 0 Å². The van der Waals surface area contributed by atoms with Gasteiger partial charge in [0, 0.05) is 0 Å². The second-order valence-electron chi connectivity index (χ2n) is 3.38.